The highest BCUT2D eigenvalue weighted by atomic mass is 79.9. The maximum absolute atomic E-state index is 11.2. The van der Waals surface area contributed by atoms with Gasteiger partial charge in [0.15, 0.2) is 5.82 Å². The molecule has 0 saturated heterocycles. The average Bonchev–Trinajstić information content (AvgIpc) is 2.82. The number of nitrogens with zero attached hydrogens (tertiary/aromatic N) is 4. The summed E-state index contributed by atoms with van der Waals surface area (Å²) in [4.78, 5) is 10.8. The van der Waals surface area contributed by atoms with E-state index >= 15 is 0 Å². The first kappa shape index (κ1) is 14.6. The zero-order valence-electron chi connectivity index (χ0n) is 11.5. The standard InChI is InChI=1S/C13H15BrN4O2/c1-13(2,3)17-11(8-14)15-16-12(17)9-6-4-5-7-10(9)18(19)20/h4-7H,8H2,1-3H3. The molecular weight excluding hydrogens is 324 g/mol. The smallest absolute Gasteiger partial charge is 0.280 e. The monoisotopic (exact) mass is 338 g/mol. The Morgan fingerprint density at radius 3 is 2.50 bits per heavy atom. The molecule has 0 bridgehead atoms. The molecule has 0 fully saturated rings. The fourth-order valence-corrected chi connectivity index (χ4v) is 2.47. The topological polar surface area (TPSA) is 73.8 Å². The van der Waals surface area contributed by atoms with Gasteiger partial charge in [-0.15, -0.1) is 10.2 Å². The fourth-order valence-electron chi connectivity index (χ4n) is 2.10. The number of nitro groups is 1. The van der Waals surface area contributed by atoms with Crippen molar-refractivity contribution in [2.75, 3.05) is 0 Å². The van der Waals surface area contributed by atoms with Gasteiger partial charge < -0.3 is 4.57 Å². The molecule has 0 atom stereocenters. The Bertz CT molecular complexity index is 646. The molecule has 2 rings (SSSR count). The quantitative estimate of drug-likeness (QED) is 0.487. The van der Waals surface area contributed by atoms with Crippen molar-refractivity contribution in [2.45, 2.75) is 31.6 Å². The van der Waals surface area contributed by atoms with Crippen LogP contribution in [0.25, 0.3) is 11.4 Å². The molecule has 1 heterocycles. The van der Waals surface area contributed by atoms with Gasteiger partial charge in [0, 0.05) is 11.6 Å². The second kappa shape index (κ2) is 5.32. The van der Waals surface area contributed by atoms with Gasteiger partial charge in [-0.2, -0.15) is 0 Å². The predicted octanol–water partition coefficient (Wildman–Crippen LogP) is 3.50. The Hall–Kier alpha value is -1.76. The fraction of sp³-hybridized carbons (Fsp3) is 0.385. The summed E-state index contributed by atoms with van der Waals surface area (Å²) in [7, 11) is 0. The summed E-state index contributed by atoms with van der Waals surface area (Å²) in [5.41, 5.74) is 0.240. The first-order chi connectivity index (χ1) is 9.36. The van der Waals surface area contributed by atoms with Crippen molar-refractivity contribution < 1.29 is 4.92 Å². The lowest BCUT2D eigenvalue weighted by molar-refractivity contribution is -0.384. The number of para-hydroxylation sites is 1. The van der Waals surface area contributed by atoms with Gasteiger partial charge in [0.25, 0.3) is 5.69 Å². The van der Waals surface area contributed by atoms with E-state index in [4.69, 9.17) is 0 Å². The second-order valence-electron chi connectivity index (χ2n) is 5.35. The molecule has 0 aliphatic heterocycles. The Kier molecular flexibility index (Phi) is 3.89. The molecule has 0 amide bonds. The summed E-state index contributed by atoms with van der Waals surface area (Å²) in [6.45, 7) is 6.04. The normalized spacial score (nSPS) is 11.6. The molecule has 2 aromatic rings. The molecule has 1 aromatic carbocycles. The van der Waals surface area contributed by atoms with Crippen molar-refractivity contribution >= 4 is 21.6 Å². The second-order valence-corrected chi connectivity index (χ2v) is 5.91. The highest BCUT2D eigenvalue weighted by Gasteiger charge is 2.27. The van der Waals surface area contributed by atoms with E-state index < -0.39 is 4.92 Å². The summed E-state index contributed by atoms with van der Waals surface area (Å²) in [5, 5.41) is 20.0. The first-order valence-corrected chi connectivity index (χ1v) is 7.23. The number of aromatic nitrogens is 3. The van der Waals surface area contributed by atoms with E-state index in [0.29, 0.717) is 16.7 Å². The molecule has 0 aliphatic carbocycles. The van der Waals surface area contributed by atoms with Crippen molar-refractivity contribution in [3.05, 3.63) is 40.2 Å². The van der Waals surface area contributed by atoms with E-state index in [0.717, 1.165) is 5.82 Å². The molecule has 0 saturated carbocycles. The lowest BCUT2D eigenvalue weighted by Crippen LogP contribution is -2.25. The molecule has 6 nitrogen and oxygen atoms in total. The van der Waals surface area contributed by atoms with Gasteiger partial charge in [0.2, 0.25) is 0 Å². The summed E-state index contributed by atoms with van der Waals surface area (Å²) >= 11 is 3.38. The van der Waals surface area contributed by atoms with Gasteiger partial charge in [0.1, 0.15) is 5.82 Å². The van der Waals surface area contributed by atoms with E-state index in [9.17, 15) is 10.1 Å². The maximum Gasteiger partial charge on any atom is 0.280 e. The zero-order valence-corrected chi connectivity index (χ0v) is 13.1. The van der Waals surface area contributed by atoms with Gasteiger partial charge in [-0.3, -0.25) is 10.1 Å². The van der Waals surface area contributed by atoms with Crippen molar-refractivity contribution in [3.8, 4) is 11.4 Å². The summed E-state index contributed by atoms with van der Waals surface area (Å²) in [6.07, 6.45) is 0. The summed E-state index contributed by atoms with van der Waals surface area (Å²) in [6, 6.07) is 6.58. The molecule has 0 spiro atoms. The molecule has 0 N–H and O–H groups in total. The van der Waals surface area contributed by atoms with Gasteiger partial charge in [-0.25, -0.2) is 0 Å². The van der Waals surface area contributed by atoms with Gasteiger partial charge in [0.05, 0.1) is 15.8 Å². The average molecular weight is 339 g/mol. The number of nitro benzene ring substituents is 1. The Balaban J connectivity index is 2.72. The van der Waals surface area contributed by atoms with Crippen LogP contribution in [0.5, 0.6) is 0 Å². The first-order valence-electron chi connectivity index (χ1n) is 6.10. The van der Waals surface area contributed by atoms with Crippen molar-refractivity contribution in [3.63, 3.8) is 0 Å². The lowest BCUT2D eigenvalue weighted by atomic mass is 10.1. The minimum atomic E-state index is -0.398. The van der Waals surface area contributed by atoms with Gasteiger partial charge in [-0.1, -0.05) is 28.1 Å². The molecule has 0 aliphatic rings. The van der Waals surface area contributed by atoms with E-state index in [-0.39, 0.29) is 11.2 Å². The van der Waals surface area contributed by atoms with Crippen LogP contribution in [-0.2, 0) is 10.9 Å². The summed E-state index contributed by atoms with van der Waals surface area (Å²) in [5.74, 6) is 1.25. The number of alkyl halides is 1. The zero-order chi connectivity index (χ0) is 14.9. The highest BCUT2D eigenvalue weighted by Crippen LogP contribution is 2.32. The van der Waals surface area contributed by atoms with Crippen LogP contribution in [0.15, 0.2) is 24.3 Å². The third-order valence-corrected chi connectivity index (χ3v) is 3.36. The Morgan fingerprint density at radius 2 is 1.95 bits per heavy atom. The Labute approximate surface area is 125 Å². The number of hydrogen-bond acceptors (Lipinski definition) is 4. The molecule has 1 aromatic heterocycles. The predicted molar refractivity (Wildman–Crippen MR) is 79.7 cm³/mol. The van der Waals surface area contributed by atoms with E-state index in [2.05, 4.69) is 26.1 Å². The maximum atomic E-state index is 11.2. The van der Waals surface area contributed by atoms with Crippen LogP contribution in [0, 0.1) is 10.1 Å². The molecular formula is C13H15BrN4O2. The third kappa shape index (κ3) is 2.58. The van der Waals surface area contributed by atoms with Crippen LogP contribution in [0.1, 0.15) is 26.6 Å². The largest absolute Gasteiger partial charge is 0.305 e. The third-order valence-electron chi connectivity index (χ3n) is 2.86. The van der Waals surface area contributed by atoms with Crippen LogP contribution in [0.2, 0.25) is 0 Å². The van der Waals surface area contributed by atoms with Crippen molar-refractivity contribution in [1.82, 2.24) is 14.8 Å². The molecule has 7 heteroatoms. The van der Waals surface area contributed by atoms with Crippen LogP contribution >= 0.6 is 15.9 Å². The van der Waals surface area contributed by atoms with Crippen LogP contribution in [-0.4, -0.2) is 19.7 Å². The number of hydrogen-bond donors (Lipinski definition) is 0. The molecule has 0 radical (unpaired) electrons. The van der Waals surface area contributed by atoms with E-state index in [1.54, 1.807) is 18.2 Å². The van der Waals surface area contributed by atoms with E-state index in [1.807, 2.05) is 25.3 Å². The minimum absolute atomic E-state index is 0.0338. The number of benzene rings is 1. The molecule has 0 unspecified atom stereocenters. The lowest BCUT2D eigenvalue weighted by Gasteiger charge is -2.24. The van der Waals surface area contributed by atoms with Crippen molar-refractivity contribution in [1.29, 1.82) is 0 Å². The molecule has 20 heavy (non-hydrogen) atoms. The van der Waals surface area contributed by atoms with Gasteiger partial charge in [-0.05, 0) is 26.8 Å². The van der Waals surface area contributed by atoms with Crippen LogP contribution in [0.3, 0.4) is 0 Å². The van der Waals surface area contributed by atoms with Crippen LogP contribution in [0.4, 0.5) is 5.69 Å². The minimum Gasteiger partial charge on any atom is -0.305 e. The van der Waals surface area contributed by atoms with Gasteiger partial charge >= 0.3 is 0 Å². The van der Waals surface area contributed by atoms with Crippen LogP contribution < -0.4 is 0 Å². The number of rotatable bonds is 3. The molecule has 106 valence electrons. The van der Waals surface area contributed by atoms with E-state index in [1.165, 1.54) is 6.07 Å². The highest BCUT2D eigenvalue weighted by molar-refractivity contribution is 9.08. The Morgan fingerprint density at radius 1 is 1.30 bits per heavy atom. The van der Waals surface area contributed by atoms with Crippen molar-refractivity contribution in [2.24, 2.45) is 0 Å². The summed E-state index contributed by atoms with van der Waals surface area (Å²) < 4.78 is 1.92. The SMILES string of the molecule is CC(C)(C)n1c(CBr)nnc1-c1ccccc1[N+](=O)[O-]. The number of halogens is 1.